The third-order valence-electron chi connectivity index (χ3n) is 3.43. The van der Waals surface area contributed by atoms with Gasteiger partial charge in [-0.05, 0) is 47.9 Å². The SMILES string of the molecule is CC(C)c1cc2nn(-c3ccc(C#N)cc3)nc2cc1N. The maximum absolute atomic E-state index is 8.82. The smallest absolute Gasteiger partial charge is 0.115 e. The molecule has 1 aromatic heterocycles. The van der Waals surface area contributed by atoms with Gasteiger partial charge in [0, 0.05) is 5.69 Å². The molecule has 5 nitrogen and oxygen atoms in total. The molecule has 2 aromatic carbocycles. The third kappa shape index (κ3) is 2.32. The normalized spacial score (nSPS) is 11.0. The molecule has 0 aliphatic rings. The average molecular weight is 277 g/mol. The summed E-state index contributed by atoms with van der Waals surface area (Å²) >= 11 is 0. The van der Waals surface area contributed by atoms with E-state index in [4.69, 9.17) is 11.0 Å². The second-order valence-electron chi connectivity index (χ2n) is 5.27. The van der Waals surface area contributed by atoms with E-state index in [0.717, 1.165) is 28.0 Å². The second-order valence-corrected chi connectivity index (χ2v) is 5.27. The number of fused-ring (bicyclic) bond motifs is 1. The van der Waals surface area contributed by atoms with Crippen molar-refractivity contribution in [1.29, 1.82) is 5.26 Å². The maximum Gasteiger partial charge on any atom is 0.115 e. The number of rotatable bonds is 2. The number of anilines is 1. The first-order valence-corrected chi connectivity index (χ1v) is 6.75. The van der Waals surface area contributed by atoms with Crippen molar-refractivity contribution in [3.05, 3.63) is 47.5 Å². The fraction of sp³-hybridized carbons (Fsp3) is 0.188. The van der Waals surface area contributed by atoms with Gasteiger partial charge in [-0.3, -0.25) is 0 Å². The Morgan fingerprint density at radius 2 is 1.71 bits per heavy atom. The van der Waals surface area contributed by atoms with E-state index in [1.165, 1.54) is 0 Å². The zero-order valence-electron chi connectivity index (χ0n) is 11.9. The second kappa shape index (κ2) is 4.91. The molecule has 21 heavy (non-hydrogen) atoms. The van der Waals surface area contributed by atoms with Gasteiger partial charge in [-0.15, -0.1) is 10.2 Å². The number of hydrogen-bond donors (Lipinski definition) is 1. The zero-order chi connectivity index (χ0) is 15.0. The van der Waals surface area contributed by atoms with Crippen LogP contribution >= 0.6 is 0 Å². The monoisotopic (exact) mass is 277 g/mol. The predicted octanol–water partition coefficient (Wildman–Crippen LogP) is 3.00. The topological polar surface area (TPSA) is 80.5 Å². The third-order valence-corrected chi connectivity index (χ3v) is 3.43. The maximum atomic E-state index is 8.82. The van der Waals surface area contributed by atoms with Gasteiger partial charge in [0.2, 0.25) is 0 Å². The van der Waals surface area contributed by atoms with Crippen LogP contribution in [0.2, 0.25) is 0 Å². The van der Waals surface area contributed by atoms with Crippen molar-refractivity contribution in [3.8, 4) is 11.8 Å². The van der Waals surface area contributed by atoms with Crippen LogP contribution in [0.4, 0.5) is 5.69 Å². The van der Waals surface area contributed by atoms with Crippen molar-refractivity contribution in [2.45, 2.75) is 19.8 Å². The molecule has 104 valence electrons. The number of nitrogens with zero attached hydrogens (tertiary/aromatic N) is 4. The molecule has 0 spiro atoms. The molecule has 5 heteroatoms. The van der Waals surface area contributed by atoms with E-state index < -0.39 is 0 Å². The molecule has 0 amide bonds. The molecule has 0 radical (unpaired) electrons. The van der Waals surface area contributed by atoms with E-state index in [9.17, 15) is 0 Å². The number of benzene rings is 2. The molecule has 1 heterocycles. The molecule has 0 saturated carbocycles. The van der Waals surface area contributed by atoms with Gasteiger partial charge in [0.15, 0.2) is 0 Å². The van der Waals surface area contributed by atoms with Crippen LogP contribution in [0.15, 0.2) is 36.4 Å². The van der Waals surface area contributed by atoms with Crippen LogP contribution < -0.4 is 5.73 Å². The van der Waals surface area contributed by atoms with Gasteiger partial charge in [-0.1, -0.05) is 13.8 Å². The first-order valence-electron chi connectivity index (χ1n) is 6.75. The highest BCUT2D eigenvalue weighted by atomic mass is 15.5. The van der Waals surface area contributed by atoms with Gasteiger partial charge < -0.3 is 5.73 Å². The van der Waals surface area contributed by atoms with Crippen LogP contribution in [-0.2, 0) is 0 Å². The molecular formula is C16H15N5. The highest BCUT2D eigenvalue weighted by molar-refractivity contribution is 5.80. The van der Waals surface area contributed by atoms with Gasteiger partial charge in [0.1, 0.15) is 11.0 Å². The molecule has 2 N–H and O–H groups in total. The lowest BCUT2D eigenvalue weighted by Crippen LogP contribution is -1.97. The molecule has 0 fully saturated rings. The Hall–Kier alpha value is -2.87. The molecule has 0 atom stereocenters. The van der Waals surface area contributed by atoms with Gasteiger partial charge >= 0.3 is 0 Å². The van der Waals surface area contributed by atoms with Crippen LogP contribution in [0, 0.1) is 11.3 Å². The van der Waals surface area contributed by atoms with Crippen LogP contribution in [0.3, 0.4) is 0 Å². The minimum atomic E-state index is 0.342. The summed E-state index contributed by atoms with van der Waals surface area (Å²) in [5.41, 5.74) is 10.9. The van der Waals surface area contributed by atoms with E-state index in [1.807, 2.05) is 24.3 Å². The Labute approximate surface area is 122 Å². The summed E-state index contributed by atoms with van der Waals surface area (Å²) in [6.45, 7) is 4.20. The summed E-state index contributed by atoms with van der Waals surface area (Å²) in [5, 5.41) is 17.8. The van der Waals surface area contributed by atoms with E-state index in [0.29, 0.717) is 11.5 Å². The molecular weight excluding hydrogens is 262 g/mol. The van der Waals surface area contributed by atoms with Crippen molar-refractivity contribution >= 4 is 16.7 Å². The van der Waals surface area contributed by atoms with E-state index in [2.05, 4.69) is 30.1 Å². The Bertz CT molecular complexity index is 837. The molecule has 3 rings (SSSR count). The largest absolute Gasteiger partial charge is 0.398 e. The molecule has 0 bridgehead atoms. The quantitative estimate of drug-likeness (QED) is 0.730. The molecule has 0 unspecified atom stereocenters. The molecule has 0 aliphatic carbocycles. The van der Waals surface area contributed by atoms with Gasteiger partial charge in [-0.25, -0.2) is 0 Å². The average Bonchev–Trinajstić information content (AvgIpc) is 2.89. The van der Waals surface area contributed by atoms with Crippen LogP contribution in [-0.4, -0.2) is 15.0 Å². The number of aromatic nitrogens is 3. The number of hydrogen-bond acceptors (Lipinski definition) is 4. The van der Waals surface area contributed by atoms with Crippen molar-refractivity contribution in [3.63, 3.8) is 0 Å². The number of nitrogens with two attached hydrogens (primary N) is 1. The van der Waals surface area contributed by atoms with Crippen LogP contribution in [0.1, 0.15) is 30.9 Å². The Morgan fingerprint density at radius 3 is 2.29 bits per heavy atom. The fourth-order valence-electron chi connectivity index (χ4n) is 2.28. The molecule has 0 aliphatic heterocycles. The lowest BCUT2D eigenvalue weighted by Gasteiger charge is -2.07. The zero-order valence-corrected chi connectivity index (χ0v) is 11.9. The Morgan fingerprint density at radius 1 is 1.10 bits per heavy atom. The summed E-state index contributed by atoms with van der Waals surface area (Å²) in [7, 11) is 0. The summed E-state index contributed by atoms with van der Waals surface area (Å²) < 4.78 is 0. The van der Waals surface area contributed by atoms with Crippen LogP contribution in [0.25, 0.3) is 16.7 Å². The highest BCUT2D eigenvalue weighted by Crippen LogP contribution is 2.26. The van der Waals surface area contributed by atoms with Crippen molar-refractivity contribution < 1.29 is 0 Å². The van der Waals surface area contributed by atoms with Crippen molar-refractivity contribution in [2.24, 2.45) is 0 Å². The Kier molecular flexibility index (Phi) is 3.07. The number of nitriles is 1. The van der Waals surface area contributed by atoms with E-state index in [1.54, 1.807) is 16.9 Å². The van der Waals surface area contributed by atoms with Gasteiger partial charge in [-0.2, -0.15) is 10.1 Å². The first-order chi connectivity index (χ1) is 10.1. The van der Waals surface area contributed by atoms with Crippen molar-refractivity contribution in [2.75, 3.05) is 5.73 Å². The van der Waals surface area contributed by atoms with E-state index in [-0.39, 0.29) is 0 Å². The Balaban J connectivity index is 2.10. The fourth-order valence-corrected chi connectivity index (χ4v) is 2.28. The van der Waals surface area contributed by atoms with Gasteiger partial charge in [0.05, 0.1) is 17.3 Å². The summed E-state index contributed by atoms with van der Waals surface area (Å²) in [6, 6.07) is 13.1. The lowest BCUT2D eigenvalue weighted by molar-refractivity contribution is 0.765. The van der Waals surface area contributed by atoms with Crippen molar-refractivity contribution in [1.82, 2.24) is 15.0 Å². The minimum Gasteiger partial charge on any atom is -0.398 e. The summed E-state index contributed by atoms with van der Waals surface area (Å²) in [5.74, 6) is 0.342. The van der Waals surface area contributed by atoms with Crippen LogP contribution in [0.5, 0.6) is 0 Å². The highest BCUT2D eigenvalue weighted by Gasteiger charge is 2.10. The van der Waals surface area contributed by atoms with E-state index >= 15 is 0 Å². The summed E-state index contributed by atoms with van der Waals surface area (Å²) in [4.78, 5) is 1.56. The standard InChI is InChI=1S/C16H15N5/c1-10(2)13-7-15-16(8-14(13)18)20-21(19-15)12-5-3-11(9-17)4-6-12/h3-8,10H,18H2,1-2H3. The summed E-state index contributed by atoms with van der Waals surface area (Å²) in [6.07, 6.45) is 0. The number of nitrogen functional groups attached to an aromatic ring is 1. The lowest BCUT2D eigenvalue weighted by atomic mass is 10.0. The molecule has 0 saturated heterocycles. The first kappa shape index (κ1) is 13.1. The molecule has 3 aromatic rings. The predicted molar refractivity (Wildman–Crippen MR) is 82.1 cm³/mol. The van der Waals surface area contributed by atoms with Gasteiger partial charge in [0.25, 0.3) is 0 Å². The minimum absolute atomic E-state index is 0.342.